The molecule has 0 fully saturated rings. The molecule has 182 valence electrons. The lowest BCUT2D eigenvalue weighted by Crippen LogP contribution is -2.28. The minimum absolute atomic E-state index is 0.0916. The predicted molar refractivity (Wildman–Crippen MR) is 129 cm³/mol. The molecule has 0 spiro atoms. The van der Waals surface area contributed by atoms with Gasteiger partial charge in [0.25, 0.3) is 0 Å². The van der Waals surface area contributed by atoms with Crippen LogP contribution in [0.2, 0.25) is 0 Å². The highest BCUT2D eigenvalue weighted by molar-refractivity contribution is 7.58. The van der Waals surface area contributed by atoms with Crippen molar-refractivity contribution in [3.05, 3.63) is 53.6 Å². The van der Waals surface area contributed by atoms with Crippen molar-refractivity contribution in [2.75, 3.05) is 21.3 Å². The van der Waals surface area contributed by atoms with Crippen molar-refractivity contribution in [3.63, 3.8) is 0 Å². The molecule has 8 heteroatoms. The highest BCUT2D eigenvalue weighted by Gasteiger charge is 2.43. The summed E-state index contributed by atoms with van der Waals surface area (Å²) in [5.41, 5.74) is 0.00912. The molecule has 0 aliphatic rings. The highest BCUT2D eigenvalue weighted by Crippen LogP contribution is 2.58. The van der Waals surface area contributed by atoms with Crippen molar-refractivity contribution in [2.45, 2.75) is 56.8 Å². The summed E-state index contributed by atoms with van der Waals surface area (Å²) in [7, 11) is 0.400. The Hall–Kier alpha value is -2.50. The van der Waals surface area contributed by atoms with Crippen LogP contribution in [0.5, 0.6) is 17.2 Å². The number of hydrogen-bond acceptors (Lipinski definition) is 5. The van der Waals surface area contributed by atoms with Crippen LogP contribution in [-0.2, 0) is 15.5 Å². The summed E-state index contributed by atoms with van der Waals surface area (Å²) in [5.74, 6) is -1.59. The van der Waals surface area contributed by atoms with E-state index in [-0.39, 0.29) is 17.7 Å². The van der Waals surface area contributed by atoms with Crippen molar-refractivity contribution < 1.29 is 33.6 Å². The van der Waals surface area contributed by atoms with Crippen LogP contribution in [0.1, 0.15) is 56.1 Å². The molecule has 0 heterocycles. The molecular formula is C25H35O7P. The SMILES string of the molecule is CCCCCCC(C(C(=O)O)c1ccc(OC)c(OC)c1OC)P(=O)(O)Cc1ccccc1. The fourth-order valence-electron chi connectivity index (χ4n) is 4.22. The molecular weight excluding hydrogens is 443 g/mol. The monoisotopic (exact) mass is 478 g/mol. The molecule has 33 heavy (non-hydrogen) atoms. The lowest BCUT2D eigenvalue weighted by Gasteiger charge is -2.30. The Morgan fingerprint density at radius 2 is 1.61 bits per heavy atom. The van der Waals surface area contributed by atoms with Crippen LogP contribution >= 0.6 is 7.37 Å². The van der Waals surface area contributed by atoms with Crippen LogP contribution in [0.3, 0.4) is 0 Å². The normalized spacial score (nSPS) is 14.7. The molecule has 0 aliphatic carbocycles. The minimum Gasteiger partial charge on any atom is -0.493 e. The van der Waals surface area contributed by atoms with Gasteiger partial charge in [0, 0.05) is 11.7 Å². The molecule has 2 aromatic rings. The molecule has 0 aromatic heterocycles. The number of rotatable bonds is 14. The van der Waals surface area contributed by atoms with Gasteiger partial charge in [0.05, 0.1) is 32.9 Å². The molecule has 0 bridgehead atoms. The van der Waals surface area contributed by atoms with Crippen LogP contribution in [0, 0.1) is 0 Å². The van der Waals surface area contributed by atoms with Crippen molar-refractivity contribution in [1.82, 2.24) is 0 Å². The van der Waals surface area contributed by atoms with Gasteiger partial charge in [-0.2, -0.15) is 0 Å². The molecule has 2 N–H and O–H groups in total. The van der Waals surface area contributed by atoms with Crippen molar-refractivity contribution >= 4 is 13.3 Å². The Bertz CT molecular complexity index is 945. The summed E-state index contributed by atoms with van der Waals surface area (Å²) < 4.78 is 30.0. The van der Waals surface area contributed by atoms with Gasteiger partial charge in [-0.25, -0.2) is 0 Å². The molecule has 0 radical (unpaired) electrons. The zero-order valence-electron chi connectivity index (χ0n) is 19.8. The van der Waals surface area contributed by atoms with E-state index in [2.05, 4.69) is 6.92 Å². The van der Waals surface area contributed by atoms with Gasteiger partial charge in [0.15, 0.2) is 11.5 Å². The molecule has 3 unspecified atom stereocenters. The minimum atomic E-state index is -3.93. The first-order chi connectivity index (χ1) is 15.8. The molecule has 3 atom stereocenters. The number of carboxylic acid groups (broad SMARTS) is 1. The van der Waals surface area contributed by atoms with E-state index in [1.807, 2.05) is 6.07 Å². The lowest BCUT2D eigenvalue weighted by molar-refractivity contribution is -0.139. The van der Waals surface area contributed by atoms with E-state index < -0.39 is 24.9 Å². The average molecular weight is 479 g/mol. The van der Waals surface area contributed by atoms with E-state index in [1.54, 1.807) is 36.4 Å². The molecule has 7 nitrogen and oxygen atoms in total. The third-order valence-corrected chi connectivity index (χ3v) is 8.26. The Kier molecular flexibility index (Phi) is 10.3. The maximum atomic E-state index is 13.7. The fourth-order valence-corrected chi connectivity index (χ4v) is 6.53. The van der Waals surface area contributed by atoms with E-state index in [4.69, 9.17) is 14.2 Å². The third kappa shape index (κ3) is 6.75. The third-order valence-electron chi connectivity index (χ3n) is 5.84. The second-order valence-electron chi connectivity index (χ2n) is 8.06. The van der Waals surface area contributed by atoms with Gasteiger partial charge < -0.3 is 24.2 Å². The Balaban J connectivity index is 2.57. The summed E-state index contributed by atoms with van der Waals surface area (Å²) in [5, 5.41) is 10.3. The van der Waals surface area contributed by atoms with Gasteiger partial charge in [-0.15, -0.1) is 0 Å². The molecule has 0 saturated carbocycles. The average Bonchev–Trinajstić information content (AvgIpc) is 2.80. The Labute approximate surface area is 196 Å². The van der Waals surface area contributed by atoms with Crippen LogP contribution in [0.15, 0.2) is 42.5 Å². The zero-order chi connectivity index (χ0) is 24.4. The first-order valence-corrected chi connectivity index (χ1v) is 13.1. The highest BCUT2D eigenvalue weighted by atomic mass is 31.2. The molecule has 0 amide bonds. The quantitative estimate of drug-likeness (QED) is 0.266. The summed E-state index contributed by atoms with van der Waals surface area (Å²) in [6, 6.07) is 12.2. The number of hydrogen-bond donors (Lipinski definition) is 2. The lowest BCUT2D eigenvalue weighted by atomic mass is 9.91. The van der Waals surface area contributed by atoms with Crippen LogP contribution in [0.25, 0.3) is 0 Å². The van der Waals surface area contributed by atoms with E-state index in [1.165, 1.54) is 21.3 Å². The van der Waals surface area contributed by atoms with Gasteiger partial charge >= 0.3 is 5.97 Å². The van der Waals surface area contributed by atoms with Gasteiger partial charge in [-0.3, -0.25) is 9.36 Å². The van der Waals surface area contributed by atoms with Crippen LogP contribution < -0.4 is 14.2 Å². The van der Waals surface area contributed by atoms with Gasteiger partial charge in [-0.05, 0) is 18.1 Å². The molecule has 2 aromatic carbocycles. The van der Waals surface area contributed by atoms with E-state index in [0.29, 0.717) is 29.7 Å². The molecule has 0 aliphatic heterocycles. The van der Waals surface area contributed by atoms with Gasteiger partial charge in [-0.1, -0.05) is 69.0 Å². The fraction of sp³-hybridized carbons (Fsp3) is 0.480. The second-order valence-corrected chi connectivity index (χ2v) is 10.5. The number of benzene rings is 2. The largest absolute Gasteiger partial charge is 0.493 e. The number of unbranched alkanes of at least 4 members (excludes halogenated alkanes) is 3. The van der Waals surface area contributed by atoms with Crippen molar-refractivity contribution in [1.29, 1.82) is 0 Å². The number of methoxy groups -OCH3 is 3. The van der Waals surface area contributed by atoms with Crippen molar-refractivity contribution in [3.8, 4) is 17.2 Å². The van der Waals surface area contributed by atoms with Crippen LogP contribution in [0.4, 0.5) is 0 Å². The van der Waals surface area contributed by atoms with Gasteiger partial charge in [0.2, 0.25) is 13.1 Å². The summed E-state index contributed by atoms with van der Waals surface area (Å²) in [6.07, 6.45) is 3.75. The number of carboxylic acids is 1. The Morgan fingerprint density at radius 3 is 2.15 bits per heavy atom. The van der Waals surface area contributed by atoms with E-state index in [0.717, 1.165) is 19.3 Å². The molecule has 0 saturated heterocycles. The summed E-state index contributed by atoms with van der Waals surface area (Å²) in [4.78, 5) is 23.8. The second kappa shape index (κ2) is 12.7. The standard InChI is InChI=1S/C25H35O7P/c1-5-6-7-11-14-21(33(28,29)17-18-12-9-8-10-13-18)22(25(26)27)19-15-16-20(30-2)24(32-4)23(19)31-3/h8-10,12-13,15-16,21-22H,5-7,11,14,17H2,1-4H3,(H,26,27)(H,28,29). The first kappa shape index (κ1) is 26.7. The first-order valence-electron chi connectivity index (χ1n) is 11.2. The maximum Gasteiger partial charge on any atom is 0.311 e. The zero-order valence-corrected chi connectivity index (χ0v) is 20.7. The summed E-state index contributed by atoms with van der Waals surface area (Å²) in [6.45, 7) is 2.08. The van der Waals surface area contributed by atoms with Gasteiger partial charge in [0.1, 0.15) is 0 Å². The van der Waals surface area contributed by atoms with Crippen molar-refractivity contribution in [2.24, 2.45) is 0 Å². The number of ether oxygens (including phenoxy) is 3. The van der Waals surface area contributed by atoms with Crippen LogP contribution in [-0.4, -0.2) is 43.0 Å². The number of aliphatic carboxylic acids is 1. The van der Waals surface area contributed by atoms with E-state index in [9.17, 15) is 19.4 Å². The smallest absolute Gasteiger partial charge is 0.311 e. The molecule has 2 rings (SSSR count). The van der Waals surface area contributed by atoms with E-state index >= 15 is 0 Å². The Morgan fingerprint density at radius 1 is 0.939 bits per heavy atom. The topological polar surface area (TPSA) is 102 Å². The number of carbonyl (C=O) groups is 1. The maximum absolute atomic E-state index is 13.7. The predicted octanol–water partition coefficient (Wildman–Crippen LogP) is 5.69. The summed E-state index contributed by atoms with van der Waals surface area (Å²) >= 11 is 0.